The van der Waals surface area contributed by atoms with E-state index in [4.69, 9.17) is 0 Å². The minimum absolute atomic E-state index is 0.245. The smallest absolute Gasteiger partial charge is 0.310 e. The van der Waals surface area contributed by atoms with E-state index in [0.29, 0.717) is 23.2 Å². The quantitative estimate of drug-likeness (QED) is 0.752. The first-order valence-corrected chi connectivity index (χ1v) is 6.24. The van der Waals surface area contributed by atoms with E-state index in [-0.39, 0.29) is 5.41 Å². The van der Waals surface area contributed by atoms with Gasteiger partial charge in [0, 0.05) is 0 Å². The second-order valence-electron chi connectivity index (χ2n) is 6.68. The highest BCUT2D eigenvalue weighted by Gasteiger charge is 2.97. The standard InChI is InChI=1S/C13H18O2/c1-5(2)13-6(3)8-10(13)9-7(13)4-12(8,9)11(14)15/h5-10H,4H2,1-3H3,(H,14,15). The largest absolute Gasteiger partial charge is 0.481 e. The van der Waals surface area contributed by atoms with Crippen LogP contribution in [0.15, 0.2) is 0 Å². The molecular formula is C13H18O2. The predicted octanol–water partition coefficient (Wildman–Crippen LogP) is 2.25. The van der Waals surface area contributed by atoms with Crippen molar-refractivity contribution in [1.82, 2.24) is 0 Å². The van der Waals surface area contributed by atoms with Gasteiger partial charge in [0.05, 0.1) is 5.41 Å². The van der Waals surface area contributed by atoms with Crippen LogP contribution >= 0.6 is 0 Å². The Morgan fingerprint density at radius 3 is 2.33 bits per heavy atom. The summed E-state index contributed by atoms with van der Waals surface area (Å²) in [5.41, 5.74) is 0.317. The predicted molar refractivity (Wildman–Crippen MR) is 55.1 cm³/mol. The van der Waals surface area contributed by atoms with Gasteiger partial charge in [0.25, 0.3) is 0 Å². The summed E-state index contributed by atoms with van der Waals surface area (Å²) in [5.74, 6) is 3.60. The average Bonchev–Trinajstić information content (AvgIpc) is 2.14. The lowest BCUT2D eigenvalue weighted by Crippen LogP contribution is -2.96. The fraction of sp³-hybridized carbons (Fsp3) is 0.923. The number of carboxylic acids is 1. The number of hydrogen-bond donors (Lipinski definition) is 1. The third-order valence-electron chi connectivity index (χ3n) is 6.90. The molecule has 0 amide bonds. The first-order chi connectivity index (χ1) is 7.00. The molecule has 7 atom stereocenters. The highest BCUT2D eigenvalue weighted by Crippen LogP contribution is 2.97. The van der Waals surface area contributed by atoms with Crippen molar-refractivity contribution >= 4 is 5.97 Å². The maximum absolute atomic E-state index is 11.4. The lowest BCUT2D eigenvalue weighted by molar-refractivity contribution is -0.503. The molecule has 4 rings (SSSR count). The summed E-state index contributed by atoms with van der Waals surface area (Å²) in [6.07, 6.45) is 0.997. The van der Waals surface area contributed by atoms with Crippen LogP contribution in [-0.2, 0) is 4.79 Å². The maximum Gasteiger partial charge on any atom is 0.310 e. The Kier molecular flexibility index (Phi) is 1.07. The summed E-state index contributed by atoms with van der Waals surface area (Å²) < 4.78 is 0. The number of rotatable bonds is 2. The van der Waals surface area contributed by atoms with Crippen molar-refractivity contribution in [2.75, 3.05) is 0 Å². The van der Waals surface area contributed by atoms with Crippen molar-refractivity contribution in [2.24, 2.45) is 46.3 Å². The Morgan fingerprint density at radius 1 is 1.33 bits per heavy atom. The van der Waals surface area contributed by atoms with Crippen LogP contribution in [0.5, 0.6) is 0 Å². The lowest BCUT2D eigenvalue weighted by Gasteiger charge is -2.97. The van der Waals surface area contributed by atoms with Crippen molar-refractivity contribution in [3.63, 3.8) is 0 Å². The molecule has 7 unspecified atom stereocenters. The third-order valence-corrected chi connectivity index (χ3v) is 6.90. The molecule has 2 nitrogen and oxygen atoms in total. The van der Waals surface area contributed by atoms with E-state index in [9.17, 15) is 9.90 Å². The van der Waals surface area contributed by atoms with E-state index in [1.807, 2.05) is 0 Å². The Balaban J connectivity index is 1.77. The molecule has 4 saturated carbocycles. The van der Waals surface area contributed by atoms with Crippen molar-refractivity contribution < 1.29 is 9.90 Å². The number of hydrogen-bond acceptors (Lipinski definition) is 1. The van der Waals surface area contributed by atoms with Crippen LogP contribution in [0.2, 0.25) is 0 Å². The minimum atomic E-state index is -0.492. The van der Waals surface area contributed by atoms with Gasteiger partial charge in [0.15, 0.2) is 0 Å². The van der Waals surface area contributed by atoms with Crippen LogP contribution in [0.3, 0.4) is 0 Å². The van der Waals surface area contributed by atoms with Gasteiger partial charge in [-0.1, -0.05) is 20.8 Å². The summed E-state index contributed by atoms with van der Waals surface area (Å²) in [5, 5.41) is 9.39. The molecule has 82 valence electrons. The van der Waals surface area contributed by atoms with E-state index in [1.54, 1.807) is 0 Å². The molecule has 0 bridgehead atoms. The van der Waals surface area contributed by atoms with Gasteiger partial charge in [-0.15, -0.1) is 0 Å². The van der Waals surface area contributed by atoms with E-state index < -0.39 is 5.97 Å². The van der Waals surface area contributed by atoms with E-state index in [2.05, 4.69) is 20.8 Å². The van der Waals surface area contributed by atoms with Crippen LogP contribution in [0, 0.1) is 46.3 Å². The fourth-order valence-electron chi connectivity index (χ4n) is 6.72. The molecule has 15 heavy (non-hydrogen) atoms. The van der Waals surface area contributed by atoms with Crippen molar-refractivity contribution in [3.05, 3.63) is 0 Å². The van der Waals surface area contributed by atoms with Crippen molar-refractivity contribution in [3.8, 4) is 0 Å². The third kappa shape index (κ3) is 0.454. The molecule has 0 saturated heterocycles. The molecule has 0 aromatic heterocycles. The fourth-order valence-corrected chi connectivity index (χ4v) is 6.72. The van der Waals surface area contributed by atoms with Crippen LogP contribution in [-0.4, -0.2) is 11.1 Å². The van der Waals surface area contributed by atoms with E-state index in [0.717, 1.165) is 24.2 Å². The Bertz CT molecular complexity index is 370. The summed E-state index contributed by atoms with van der Waals surface area (Å²) in [6.45, 7) is 6.98. The monoisotopic (exact) mass is 206 g/mol. The second-order valence-corrected chi connectivity index (χ2v) is 6.68. The van der Waals surface area contributed by atoms with Gasteiger partial charge >= 0.3 is 5.97 Å². The van der Waals surface area contributed by atoms with E-state index in [1.165, 1.54) is 0 Å². The molecule has 0 aromatic rings. The summed E-state index contributed by atoms with van der Waals surface area (Å²) >= 11 is 0. The van der Waals surface area contributed by atoms with Gasteiger partial charge in [-0.05, 0) is 47.3 Å². The molecule has 4 aliphatic carbocycles. The zero-order valence-corrected chi connectivity index (χ0v) is 9.53. The lowest BCUT2D eigenvalue weighted by atomic mass is 9.06. The molecule has 2 heteroatoms. The summed E-state index contributed by atoms with van der Waals surface area (Å²) in [4.78, 5) is 11.4. The van der Waals surface area contributed by atoms with Crippen LogP contribution in [0.4, 0.5) is 0 Å². The second kappa shape index (κ2) is 1.87. The average molecular weight is 206 g/mol. The first-order valence-electron chi connectivity index (χ1n) is 6.24. The molecule has 4 aliphatic rings. The molecule has 0 aliphatic heterocycles. The van der Waals surface area contributed by atoms with Gasteiger partial charge in [-0.2, -0.15) is 0 Å². The Morgan fingerprint density at radius 2 is 2.00 bits per heavy atom. The SMILES string of the molecule is CC(C)C12C(C)C3C1C1C2CC31C(=O)O. The van der Waals surface area contributed by atoms with Gasteiger partial charge in [-0.25, -0.2) is 0 Å². The molecule has 1 N–H and O–H groups in total. The zero-order valence-electron chi connectivity index (χ0n) is 9.53. The molecule has 0 radical (unpaired) electrons. The first kappa shape index (κ1) is 8.60. The summed E-state index contributed by atoms with van der Waals surface area (Å²) in [7, 11) is 0. The summed E-state index contributed by atoms with van der Waals surface area (Å²) in [6, 6.07) is 0. The minimum Gasteiger partial charge on any atom is -0.481 e. The highest BCUT2D eigenvalue weighted by atomic mass is 16.4. The zero-order chi connectivity index (χ0) is 10.7. The van der Waals surface area contributed by atoms with Gasteiger partial charge in [0.1, 0.15) is 0 Å². The highest BCUT2D eigenvalue weighted by molar-refractivity contribution is 5.82. The van der Waals surface area contributed by atoms with Gasteiger partial charge in [-0.3, -0.25) is 4.79 Å². The maximum atomic E-state index is 11.4. The molecule has 4 fully saturated rings. The topological polar surface area (TPSA) is 37.3 Å². The molecule has 0 aromatic carbocycles. The number of aliphatic carboxylic acids is 1. The molecular weight excluding hydrogens is 188 g/mol. The Hall–Kier alpha value is -0.530. The number of carboxylic acid groups (broad SMARTS) is 1. The van der Waals surface area contributed by atoms with Gasteiger partial charge < -0.3 is 5.11 Å². The van der Waals surface area contributed by atoms with Crippen molar-refractivity contribution in [1.29, 1.82) is 0 Å². The van der Waals surface area contributed by atoms with Crippen LogP contribution < -0.4 is 0 Å². The Labute approximate surface area is 90.1 Å². The van der Waals surface area contributed by atoms with E-state index >= 15 is 0 Å². The van der Waals surface area contributed by atoms with Crippen LogP contribution in [0.25, 0.3) is 0 Å². The normalized spacial score (nSPS) is 67.1. The molecule has 0 heterocycles. The molecule has 0 spiro atoms. The van der Waals surface area contributed by atoms with Crippen LogP contribution in [0.1, 0.15) is 27.2 Å². The van der Waals surface area contributed by atoms with Crippen molar-refractivity contribution in [2.45, 2.75) is 27.2 Å². The number of fused-ring (bicyclic) bond motifs is 2. The van der Waals surface area contributed by atoms with Gasteiger partial charge in [0.2, 0.25) is 0 Å². The number of carbonyl (C=O) groups is 1.